The van der Waals surface area contributed by atoms with Crippen molar-refractivity contribution in [3.63, 3.8) is 0 Å². The van der Waals surface area contributed by atoms with Crippen LogP contribution in [0.4, 0.5) is 0 Å². The number of nitrogens with one attached hydrogen (secondary N) is 6. The highest BCUT2D eigenvalue weighted by Crippen LogP contribution is 2.12. The van der Waals surface area contributed by atoms with Gasteiger partial charge in [-0.1, -0.05) is 34.1 Å². The number of rotatable bonds is 12. The highest BCUT2D eigenvalue weighted by Gasteiger charge is 2.37. The monoisotopic (exact) mass is 657 g/mol. The molecule has 1 fully saturated rings. The lowest BCUT2D eigenvalue weighted by Crippen LogP contribution is -2.63. The fraction of sp³-hybridized carbons (Fsp3) is 0.714. The van der Waals surface area contributed by atoms with Gasteiger partial charge in [-0.3, -0.25) is 38.4 Å². The third-order valence-corrected chi connectivity index (χ3v) is 7.46. The minimum atomic E-state index is -1.82. The first-order chi connectivity index (χ1) is 21.6. The third kappa shape index (κ3) is 12.6. The Morgan fingerprint density at radius 1 is 0.652 bits per heavy atom. The molecule has 0 aliphatic carbocycles. The van der Waals surface area contributed by atoms with Gasteiger partial charge in [0.25, 0.3) is 0 Å². The minimum absolute atomic E-state index is 0.0337. The third-order valence-electron chi connectivity index (χ3n) is 7.46. The zero-order valence-electron chi connectivity index (χ0n) is 26.5. The van der Waals surface area contributed by atoms with Crippen molar-refractivity contribution in [2.24, 2.45) is 17.6 Å². The van der Waals surface area contributed by atoms with Crippen molar-refractivity contribution in [1.29, 1.82) is 0 Å². The first-order valence-electron chi connectivity index (χ1n) is 15.1. The van der Waals surface area contributed by atoms with E-state index in [1.54, 1.807) is 27.7 Å². The molecule has 1 aliphatic heterocycles. The summed E-state index contributed by atoms with van der Waals surface area (Å²) < 4.78 is 0. The number of aliphatic hydroxyl groups is 1. The molecule has 7 atom stereocenters. The number of carbonyl (C=O) groups excluding carboxylic acids is 6. The minimum Gasteiger partial charge on any atom is -0.481 e. The normalized spacial score (nSPS) is 26.3. The van der Waals surface area contributed by atoms with E-state index in [2.05, 4.69) is 31.9 Å². The molecule has 18 nitrogen and oxygen atoms in total. The number of unbranched alkanes of at least 4 members (excludes halogenated alkanes) is 1. The summed E-state index contributed by atoms with van der Waals surface area (Å²) in [7, 11) is 0. The van der Waals surface area contributed by atoms with Gasteiger partial charge < -0.3 is 53.0 Å². The second-order valence-corrected chi connectivity index (χ2v) is 11.5. The lowest BCUT2D eigenvalue weighted by molar-refractivity contribution is -0.144. The number of aliphatic carboxylic acids is 2. The summed E-state index contributed by atoms with van der Waals surface area (Å²) in [6.07, 6.45) is -0.894. The van der Waals surface area contributed by atoms with E-state index < -0.39 is 115 Å². The number of carboxylic acid groups (broad SMARTS) is 2. The molecule has 1 heterocycles. The first-order valence-corrected chi connectivity index (χ1v) is 15.1. The van der Waals surface area contributed by atoms with Crippen LogP contribution in [0.2, 0.25) is 0 Å². The Balaban J connectivity index is 3.71. The molecule has 11 N–H and O–H groups in total. The maximum Gasteiger partial charge on any atom is 0.305 e. The average Bonchev–Trinajstić information content (AvgIpc) is 2.98. The van der Waals surface area contributed by atoms with E-state index in [9.17, 15) is 53.7 Å². The molecule has 1 saturated heterocycles. The molecule has 0 aromatic rings. The fourth-order valence-corrected chi connectivity index (χ4v) is 4.54. The number of amides is 6. The molecule has 0 aromatic heterocycles. The smallest absolute Gasteiger partial charge is 0.305 e. The van der Waals surface area contributed by atoms with Crippen LogP contribution in [-0.2, 0) is 38.4 Å². The van der Waals surface area contributed by atoms with Crippen LogP contribution in [0.25, 0.3) is 0 Å². The van der Waals surface area contributed by atoms with Gasteiger partial charge in [0.15, 0.2) is 0 Å². The van der Waals surface area contributed by atoms with E-state index >= 15 is 0 Å². The zero-order chi connectivity index (χ0) is 35.1. The molecule has 1 rings (SSSR count). The van der Waals surface area contributed by atoms with Crippen LogP contribution < -0.4 is 37.6 Å². The Morgan fingerprint density at radius 3 is 1.52 bits per heavy atom. The molecule has 0 spiro atoms. The van der Waals surface area contributed by atoms with Crippen LogP contribution in [0.1, 0.15) is 66.2 Å². The van der Waals surface area contributed by atoms with Gasteiger partial charge in [-0.25, -0.2) is 0 Å². The Labute approximate surface area is 266 Å². The number of hydrogen-bond acceptors (Lipinski definition) is 10. The van der Waals surface area contributed by atoms with Crippen LogP contribution in [0, 0.1) is 11.8 Å². The van der Waals surface area contributed by atoms with Gasteiger partial charge in [-0.05, 0) is 37.6 Å². The largest absolute Gasteiger partial charge is 0.481 e. The molecular weight excluding hydrogens is 610 g/mol. The van der Waals surface area contributed by atoms with E-state index in [4.69, 9.17) is 5.73 Å². The molecule has 0 radical (unpaired) electrons. The SMILES string of the molecule is CC[C@H](C)[C@@H]1NC(=O)[C@H](C(C)C)NC(=O)[C@H](CO)NC(=O)[C@H](CCCCN)NC(=O)[C@H](CC(=O)O)NC(=O)[C@H](CC(=O)O)NC1=O. The topological polar surface area (TPSA) is 295 Å². The van der Waals surface area contributed by atoms with Gasteiger partial charge in [-0.2, -0.15) is 0 Å². The van der Waals surface area contributed by atoms with Crippen molar-refractivity contribution >= 4 is 47.4 Å². The van der Waals surface area contributed by atoms with Gasteiger partial charge in [0.1, 0.15) is 36.3 Å². The van der Waals surface area contributed by atoms with Crippen molar-refractivity contribution in [2.45, 2.75) is 102 Å². The number of hydrogen-bond donors (Lipinski definition) is 10. The Kier molecular flexibility index (Phi) is 16.6. The van der Waals surface area contributed by atoms with Crippen molar-refractivity contribution in [1.82, 2.24) is 31.9 Å². The molecule has 1 aliphatic rings. The van der Waals surface area contributed by atoms with Crippen LogP contribution in [0.5, 0.6) is 0 Å². The van der Waals surface area contributed by atoms with Gasteiger partial charge in [0.2, 0.25) is 35.4 Å². The summed E-state index contributed by atoms with van der Waals surface area (Å²) in [5.41, 5.74) is 5.53. The fourth-order valence-electron chi connectivity index (χ4n) is 4.54. The van der Waals surface area contributed by atoms with E-state index in [0.29, 0.717) is 19.3 Å². The van der Waals surface area contributed by atoms with E-state index in [-0.39, 0.29) is 13.0 Å². The second kappa shape index (κ2) is 19.3. The average molecular weight is 658 g/mol. The highest BCUT2D eigenvalue weighted by molar-refractivity contribution is 5.99. The lowest BCUT2D eigenvalue weighted by Gasteiger charge is -2.31. The Morgan fingerprint density at radius 2 is 1.07 bits per heavy atom. The van der Waals surface area contributed by atoms with E-state index in [0.717, 1.165) is 0 Å². The molecule has 260 valence electrons. The zero-order valence-corrected chi connectivity index (χ0v) is 26.5. The van der Waals surface area contributed by atoms with Crippen molar-refractivity contribution in [2.75, 3.05) is 13.2 Å². The molecule has 18 heteroatoms. The number of carboxylic acids is 2. The van der Waals surface area contributed by atoms with Crippen LogP contribution in [-0.4, -0.2) is 112 Å². The Bertz CT molecular complexity index is 1130. The summed E-state index contributed by atoms with van der Waals surface area (Å²) in [4.78, 5) is 103. The molecule has 0 saturated carbocycles. The standard InChI is InChI=1S/C28H47N7O11/c1-5-14(4)22-28(46)32-17(11-20(39)40)25(43)31-16(10-19(37)38)24(42)30-15(8-6-7-9-29)23(41)33-18(12-36)26(44)34-21(13(2)3)27(45)35-22/h13-18,21-22,36H,5-12,29H2,1-4H3,(H,30,42)(H,31,43)(H,32,46)(H,33,41)(H,34,44)(H,35,45)(H,37,38)(H,39,40)/t14-,15-,16-,17-,18-,21-,22-/m0/s1. The first kappa shape index (κ1) is 39.7. The molecule has 0 unspecified atom stereocenters. The van der Waals surface area contributed by atoms with Gasteiger partial charge in [0.05, 0.1) is 19.4 Å². The maximum absolute atomic E-state index is 13.4. The molecule has 6 amide bonds. The summed E-state index contributed by atoms with van der Waals surface area (Å²) in [5, 5.41) is 42.9. The second-order valence-electron chi connectivity index (χ2n) is 11.5. The van der Waals surface area contributed by atoms with E-state index in [1.165, 1.54) is 0 Å². The summed E-state index contributed by atoms with van der Waals surface area (Å²) >= 11 is 0. The molecule has 0 bridgehead atoms. The van der Waals surface area contributed by atoms with Gasteiger partial charge in [0, 0.05) is 0 Å². The van der Waals surface area contributed by atoms with Crippen LogP contribution >= 0.6 is 0 Å². The van der Waals surface area contributed by atoms with Crippen molar-refractivity contribution < 1.29 is 53.7 Å². The summed E-state index contributed by atoms with van der Waals surface area (Å²) in [5.74, 6) is -10.1. The number of nitrogens with two attached hydrogens (primary N) is 1. The number of aliphatic hydroxyl groups excluding tert-OH is 1. The summed E-state index contributed by atoms with van der Waals surface area (Å²) in [6.45, 7) is 5.88. The molecule has 46 heavy (non-hydrogen) atoms. The quantitative estimate of drug-likeness (QED) is 0.0923. The molecular formula is C28H47N7O11. The number of carbonyl (C=O) groups is 8. The molecule has 0 aromatic carbocycles. The van der Waals surface area contributed by atoms with Crippen LogP contribution in [0.15, 0.2) is 0 Å². The van der Waals surface area contributed by atoms with E-state index in [1.807, 2.05) is 0 Å². The van der Waals surface area contributed by atoms with Gasteiger partial charge >= 0.3 is 11.9 Å². The lowest BCUT2D eigenvalue weighted by atomic mass is 9.95. The van der Waals surface area contributed by atoms with Crippen molar-refractivity contribution in [3.05, 3.63) is 0 Å². The summed E-state index contributed by atoms with van der Waals surface area (Å²) in [6, 6.07) is -9.16. The highest BCUT2D eigenvalue weighted by atomic mass is 16.4. The van der Waals surface area contributed by atoms with Crippen LogP contribution in [0.3, 0.4) is 0 Å². The predicted octanol–water partition coefficient (Wildman–Crippen LogP) is -3.32. The maximum atomic E-state index is 13.4. The Hall–Kier alpha value is -4.32. The van der Waals surface area contributed by atoms with Gasteiger partial charge in [-0.15, -0.1) is 0 Å². The predicted molar refractivity (Wildman–Crippen MR) is 160 cm³/mol. The van der Waals surface area contributed by atoms with Crippen molar-refractivity contribution in [3.8, 4) is 0 Å².